The van der Waals surface area contributed by atoms with Crippen LogP contribution < -0.4 is 17.2 Å². The minimum atomic E-state index is -0.492. The minimum absolute atomic E-state index is 0.0707. The molecule has 1 aromatic carbocycles. The summed E-state index contributed by atoms with van der Waals surface area (Å²) in [5.41, 5.74) is 11.4. The molecule has 0 amide bonds. The lowest BCUT2D eigenvalue weighted by Gasteiger charge is -2.07. The molecule has 0 radical (unpaired) electrons. The van der Waals surface area contributed by atoms with Gasteiger partial charge in [0.1, 0.15) is 0 Å². The molecular weight excluding hydrogens is 206 g/mol. The van der Waals surface area contributed by atoms with Gasteiger partial charge in [-0.25, -0.2) is 4.79 Å². The van der Waals surface area contributed by atoms with Crippen molar-refractivity contribution in [3.8, 4) is 0 Å². The Morgan fingerprint density at radius 2 is 1.81 bits per heavy atom. The fourth-order valence-electron chi connectivity index (χ4n) is 1.37. The lowest BCUT2D eigenvalue weighted by Crippen LogP contribution is -2.28. The highest BCUT2D eigenvalue weighted by molar-refractivity contribution is 5.27. The first kappa shape index (κ1) is 10.2. The van der Waals surface area contributed by atoms with Crippen LogP contribution >= 0.6 is 0 Å². The van der Waals surface area contributed by atoms with Crippen LogP contribution in [-0.2, 0) is 6.54 Å². The monoisotopic (exact) mass is 217 g/mol. The first-order valence-corrected chi connectivity index (χ1v) is 4.70. The van der Waals surface area contributed by atoms with Crippen molar-refractivity contribution < 1.29 is 0 Å². The number of nitrogen functional groups attached to an aromatic ring is 2. The summed E-state index contributed by atoms with van der Waals surface area (Å²) in [7, 11) is 0. The summed E-state index contributed by atoms with van der Waals surface area (Å²) in [6.45, 7) is 0.339. The van der Waals surface area contributed by atoms with Gasteiger partial charge in [0.2, 0.25) is 11.9 Å². The maximum absolute atomic E-state index is 11.5. The van der Waals surface area contributed by atoms with Crippen LogP contribution in [0.4, 0.5) is 11.9 Å². The van der Waals surface area contributed by atoms with Gasteiger partial charge >= 0.3 is 5.69 Å². The molecule has 2 rings (SSSR count). The SMILES string of the molecule is Nc1nc(N)n(Cc2ccccc2)c(=O)n1. The van der Waals surface area contributed by atoms with Gasteiger partial charge in [0.25, 0.3) is 0 Å². The molecule has 0 unspecified atom stereocenters. The van der Waals surface area contributed by atoms with Crippen molar-refractivity contribution in [2.45, 2.75) is 6.54 Å². The minimum Gasteiger partial charge on any atom is -0.369 e. The van der Waals surface area contributed by atoms with Crippen LogP contribution in [0.5, 0.6) is 0 Å². The molecule has 0 aliphatic rings. The molecule has 0 bridgehead atoms. The van der Waals surface area contributed by atoms with Crippen molar-refractivity contribution in [3.63, 3.8) is 0 Å². The summed E-state index contributed by atoms with van der Waals surface area (Å²) >= 11 is 0. The van der Waals surface area contributed by atoms with Crippen LogP contribution in [0.3, 0.4) is 0 Å². The van der Waals surface area contributed by atoms with Gasteiger partial charge in [-0.05, 0) is 5.56 Å². The molecule has 6 nitrogen and oxygen atoms in total. The molecule has 0 aliphatic carbocycles. The van der Waals surface area contributed by atoms with E-state index in [1.807, 2.05) is 30.3 Å². The van der Waals surface area contributed by atoms with Gasteiger partial charge < -0.3 is 11.5 Å². The molecule has 4 N–H and O–H groups in total. The van der Waals surface area contributed by atoms with Crippen molar-refractivity contribution in [1.82, 2.24) is 14.5 Å². The number of anilines is 2. The quantitative estimate of drug-likeness (QED) is 0.728. The van der Waals surface area contributed by atoms with Gasteiger partial charge in [-0.1, -0.05) is 30.3 Å². The fourth-order valence-corrected chi connectivity index (χ4v) is 1.37. The molecule has 0 fully saturated rings. The number of hydrogen-bond acceptors (Lipinski definition) is 5. The van der Waals surface area contributed by atoms with Gasteiger partial charge in [0.15, 0.2) is 0 Å². The number of hydrogen-bond donors (Lipinski definition) is 2. The maximum Gasteiger partial charge on any atom is 0.353 e. The zero-order valence-electron chi connectivity index (χ0n) is 8.50. The molecule has 0 spiro atoms. The second-order valence-electron chi connectivity index (χ2n) is 3.29. The summed E-state index contributed by atoms with van der Waals surface area (Å²) in [5, 5.41) is 0. The largest absolute Gasteiger partial charge is 0.369 e. The Kier molecular flexibility index (Phi) is 2.55. The van der Waals surface area contributed by atoms with E-state index in [1.165, 1.54) is 4.57 Å². The fraction of sp³-hybridized carbons (Fsp3) is 0.100. The van der Waals surface area contributed by atoms with E-state index in [0.717, 1.165) is 5.56 Å². The van der Waals surface area contributed by atoms with Crippen molar-refractivity contribution in [2.24, 2.45) is 0 Å². The highest BCUT2D eigenvalue weighted by Gasteiger charge is 2.05. The molecule has 0 aliphatic heterocycles. The lowest BCUT2D eigenvalue weighted by atomic mass is 10.2. The highest BCUT2D eigenvalue weighted by atomic mass is 16.1. The number of rotatable bonds is 2. The van der Waals surface area contributed by atoms with Crippen molar-refractivity contribution in [3.05, 3.63) is 46.4 Å². The van der Waals surface area contributed by atoms with E-state index < -0.39 is 5.69 Å². The van der Waals surface area contributed by atoms with Gasteiger partial charge in [0.05, 0.1) is 6.54 Å². The first-order chi connectivity index (χ1) is 7.66. The Balaban J connectivity index is 2.39. The van der Waals surface area contributed by atoms with E-state index in [2.05, 4.69) is 9.97 Å². The molecule has 2 aromatic rings. The summed E-state index contributed by atoms with van der Waals surface area (Å²) in [5.74, 6) is -0.0341. The molecule has 6 heteroatoms. The summed E-state index contributed by atoms with van der Waals surface area (Å²) in [4.78, 5) is 18.8. The van der Waals surface area contributed by atoms with Gasteiger partial charge in [0, 0.05) is 0 Å². The number of nitrogens with two attached hydrogens (primary N) is 2. The van der Waals surface area contributed by atoms with Crippen LogP contribution in [0.15, 0.2) is 35.1 Å². The third-order valence-corrected chi connectivity index (χ3v) is 2.13. The lowest BCUT2D eigenvalue weighted by molar-refractivity contribution is 0.719. The van der Waals surface area contributed by atoms with Crippen LogP contribution in [0.2, 0.25) is 0 Å². The Morgan fingerprint density at radius 3 is 2.44 bits per heavy atom. The summed E-state index contributed by atoms with van der Waals surface area (Å²) < 4.78 is 1.27. The second-order valence-corrected chi connectivity index (χ2v) is 3.29. The second kappa shape index (κ2) is 4.01. The Labute approximate surface area is 91.6 Å². The third-order valence-electron chi connectivity index (χ3n) is 2.13. The average molecular weight is 217 g/mol. The average Bonchev–Trinajstić information content (AvgIpc) is 2.25. The van der Waals surface area contributed by atoms with Crippen molar-refractivity contribution >= 4 is 11.9 Å². The number of nitrogens with zero attached hydrogens (tertiary/aromatic N) is 3. The topological polar surface area (TPSA) is 99.8 Å². The predicted octanol–water partition coefficient (Wildman–Crippen LogP) is -0.149. The number of benzene rings is 1. The van der Waals surface area contributed by atoms with E-state index in [0.29, 0.717) is 6.54 Å². The van der Waals surface area contributed by atoms with E-state index in [-0.39, 0.29) is 11.9 Å². The van der Waals surface area contributed by atoms with Gasteiger partial charge in [-0.15, -0.1) is 0 Å². The van der Waals surface area contributed by atoms with Crippen LogP contribution in [-0.4, -0.2) is 14.5 Å². The molecule has 16 heavy (non-hydrogen) atoms. The Hall–Kier alpha value is -2.37. The summed E-state index contributed by atoms with van der Waals surface area (Å²) in [6, 6.07) is 9.45. The van der Waals surface area contributed by atoms with Crippen LogP contribution in [0.1, 0.15) is 5.56 Å². The van der Waals surface area contributed by atoms with E-state index in [4.69, 9.17) is 11.5 Å². The first-order valence-electron chi connectivity index (χ1n) is 4.70. The molecule has 1 aromatic heterocycles. The van der Waals surface area contributed by atoms with Gasteiger partial charge in [-0.3, -0.25) is 4.57 Å². The molecule has 0 saturated heterocycles. The Bertz CT molecular complexity index is 549. The van der Waals surface area contributed by atoms with Gasteiger partial charge in [-0.2, -0.15) is 9.97 Å². The summed E-state index contributed by atoms with van der Waals surface area (Å²) in [6.07, 6.45) is 0. The molecule has 82 valence electrons. The highest BCUT2D eigenvalue weighted by Crippen LogP contribution is 2.03. The van der Waals surface area contributed by atoms with E-state index in [9.17, 15) is 4.79 Å². The zero-order valence-corrected chi connectivity index (χ0v) is 8.50. The normalized spacial score (nSPS) is 10.2. The molecule has 1 heterocycles. The van der Waals surface area contributed by atoms with E-state index >= 15 is 0 Å². The van der Waals surface area contributed by atoms with Crippen molar-refractivity contribution in [1.29, 1.82) is 0 Å². The standard InChI is InChI=1S/C10H11N5O/c11-8-13-9(12)15(10(16)14-8)6-7-4-2-1-3-5-7/h1-5H,6H2,(H4,11,12,13,14,16). The van der Waals surface area contributed by atoms with Crippen molar-refractivity contribution in [2.75, 3.05) is 11.5 Å². The van der Waals surface area contributed by atoms with Crippen LogP contribution in [0, 0.1) is 0 Å². The number of aromatic nitrogens is 3. The third kappa shape index (κ3) is 2.00. The Morgan fingerprint density at radius 1 is 1.12 bits per heavy atom. The smallest absolute Gasteiger partial charge is 0.353 e. The predicted molar refractivity (Wildman–Crippen MR) is 60.7 cm³/mol. The van der Waals surface area contributed by atoms with E-state index in [1.54, 1.807) is 0 Å². The van der Waals surface area contributed by atoms with Crippen LogP contribution in [0.25, 0.3) is 0 Å². The maximum atomic E-state index is 11.5. The molecule has 0 atom stereocenters. The molecule has 0 saturated carbocycles. The zero-order chi connectivity index (χ0) is 11.5. The molecular formula is C10H11N5O.